The van der Waals surface area contributed by atoms with Crippen LogP contribution < -0.4 is 4.72 Å². The van der Waals surface area contributed by atoms with Gasteiger partial charge in [0.1, 0.15) is 4.75 Å². The van der Waals surface area contributed by atoms with Crippen molar-refractivity contribution in [3.05, 3.63) is 0 Å². The molecule has 1 atom stereocenters. The second-order valence-corrected chi connectivity index (χ2v) is 7.39. The van der Waals surface area contributed by atoms with E-state index in [1.54, 1.807) is 0 Å². The maximum absolute atomic E-state index is 11.7. The summed E-state index contributed by atoms with van der Waals surface area (Å²) in [5.41, 5.74) is 0. The lowest BCUT2D eigenvalue weighted by molar-refractivity contribution is 0.141. The molecule has 1 aliphatic rings. The summed E-state index contributed by atoms with van der Waals surface area (Å²) in [5.74, 6) is 0. The van der Waals surface area contributed by atoms with Crippen LogP contribution in [0.4, 0.5) is 4.79 Å². The fourth-order valence-electron chi connectivity index (χ4n) is 1.45. The lowest BCUT2D eigenvalue weighted by atomic mass is 10.3. The summed E-state index contributed by atoms with van der Waals surface area (Å²) in [6, 6.07) is 0.223. The molecule has 0 radical (unpaired) electrons. The fraction of sp³-hybridized carbons (Fsp3) is 0.909. The quantitative estimate of drug-likeness (QED) is 0.563. The minimum atomic E-state index is -1.07. The van der Waals surface area contributed by atoms with Gasteiger partial charge in [-0.25, -0.2) is 4.79 Å². The molecule has 0 unspecified atom stereocenters. The van der Waals surface area contributed by atoms with E-state index in [0.29, 0.717) is 19.5 Å². The van der Waals surface area contributed by atoms with Crippen molar-refractivity contribution in [3.8, 4) is 0 Å². The predicted octanol–water partition coefficient (Wildman–Crippen LogP) is 1.57. The highest BCUT2D eigenvalue weighted by molar-refractivity contribution is 7.90. The Kier molecular flexibility index (Phi) is 5.09. The standard InChI is InChI=1S/C11H22N2O3S/c1-11(2,3)17(16)12-7-4-8-13(10(14)15)9-5-6-9/h9,12H,4-8H2,1-3H3,(H,14,15)/t17-/m0/s1. The first-order chi connectivity index (χ1) is 7.82. The van der Waals surface area contributed by atoms with E-state index < -0.39 is 17.5 Å². The molecule has 1 fully saturated rings. The number of hydrogen-bond donors (Lipinski definition) is 2. The largest absolute Gasteiger partial charge is 0.598 e. The summed E-state index contributed by atoms with van der Waals surface area (Å²) < 4.78 is 14.3. The van der Waals surface area contributed by atoms with Crippen molar-refractivity contribution in [3.63, 3.8) is 0 Å². The van der Waals surface area contributed by atoms with E-state index in [9.17, 15) is 9.35 Å². The third-order valence-electron chi connectivity index (χ3n) is 2.60. The van der Waals surface area contributed by atoms with Crippen LogP contribution in [0.15, 0.2) is 0 Å². The molecule has 2 N–H and O–H groups in total. The number of nitrogens with one attached hydrogen (secondary N) is 1. The van der Waals surface area contributed by atoms with Gasteiger partial charge in [-0.15, -0.1) is 4.72 Å². The van der Waals surface area contributed by atoms with Gasteiger partial charge in [-0.05, 0) is 40.0 Å². The van der Waals surface area contributed by atoms with Crippen molar-refractivity contribution in [1.82, 2.24) is 9.62 Å². The molecule has 0 aliphatic heterocycles. The van der Waals surface area contributed by atoms with Crippen molar-refractivity contribution in [2.45, 2.75) is 50.8 Å². The van der Waals surface area contributed by atoms with E-state index in [0.717, 1.165) is 12.8 Å². The molecule has 1 amide bonds. The van der Waals surface area contributed by atoms with Crippen LogP contribution in [-0.2, 0) is 11.4 Å². The van der Waals surface area contributed by atoms with Crippen molar-refractivity contribution in [2.24, 2.45) is 0 Å². The van der Waals surface area contributed by atoms with Gasteiger partial charge in [0.25, 0.3) is 0 Å². The zero-order valence-corrected chi connectivity index (χ0v) is 11.5. The molecule has 0 aromatic rings. The van der Waals surface area contributed by atoms with E-state index >= 15 is 0 Å². The number of nitrogens with zero attached hydrogens (tertiary/aromatic N) is 1. The average Bonchev–Trinajstić information content (AvgIpc) is 2.98. The van der Waals surface area contributed by atoms with Gasteiger partial charge in [0.15, 0.2) is 0 Å². The molecule has 0 saturated heterocycles. The zero-order valence-electron chi connectivity index (χ0n) is 10.7. The SMILES string of the molecule is CC(C)(C)[S@+]([O-])NCCCN(C(=O)O)C1CC1. The molecule has 1 rings (SSSR count). The Balaban J connectivity index is 2.16. The molecule has 0 aromatic carbocycles. The van der Waals surface area contributed by atoms with E-state index in [4.69, 9.17) is 5.11 Å². The Bertz CT molecular complexity index is 264. The zero-order chi connectivity index (χ0) is 13.1. The molecule has 0 aromatic heterocycles. The van der Waals surface area contributed by atoms with Gasteiger partial charge in [-0.1, -0.05) is 0 Å². The van der Waals surface area contributed by atoms with E-state index in [1.807, 2.05) is 20.8 Å². The number of hydrogen-bond acceptors (Lipinski definition) is 3. The van der Waals surface area contributed by atoms with Crippen molar-refractivity contribution < 1.29 is 14.5 Å². The van der Waals surface area contributed by atoms with Crippen LogP contribution in [0, 0.1) is 0 Å². The first kappa shape index (κ1) is 14.6. The van der Waals surface area contributed by atoms with Crippen LogP contribution in [0.25, 0.3) is 0 Å². The molecule has 1 saturated carbocycles. The van der Waals surface area contributed by atoms with E-state index in [-0.39, 0.29) is 10.8 Å². The maximum atomic E-state index is 11.7. The van der Waals surface area contributed by atoms with Gasteiger partial charge in [0.2, 0.25) is 0 Å². The van der Waals surface area contributed by atoms with Crippen LogP contribution in [0.5, 0.6) is 0 Å². The summed E-state index contributed by atoms with van der Waals surface area (Å²) in [7, 11) is 0. The van der Waals surface area contributed by atoms with Crippen LogP contribution in [0.3, 0.4) is 0 Å². The third-order valence-corrected chi connectivity index (χ3v) is 4.18. The summed E-state index contributed by atoms with van der Waals surface area (Å²) >= 11 is -1.07. The van der Waals surface area contributed by atoms with Gasteiger partial charge in [-0.2, -0.15) is 0 Å². The molecule has 6 heteroatoms. The van der Waals surface area contributed by atoms with Crippen molar-refractivity contribution >= 4 is 17.5 Å². The normalized spacial score (nSPS) is 17.9. The van der Waals surface area contributed by atoms with Gasteiger partial charge in [-0.3, -0.25) is 0 Å². The first-order valence-corrected chi connectivity index (χ1v) is 7.12. The highest BCUT2D eigenvalue weighted by Gasteiger charge is 2.32. The molecular weight excluding hydrogens is 240 g/mol. The second kappa shape index (κ2) is 5.93. The lowest BCUT2D eigenvalue weighted by Gasteiger charge is -2.24. The van der Waals surface area contributed by atoms with Crippen molar-refractivity contribution in [2.75, 3.05) is 13.1 Å². The Hall–Kier alpha value is -0.460. The average molecular weight is 262 g/mol. The van der Waals surface area contributed by atoms with Crippen LogP contribution in [0.2, 0.25) is 0 Å². The predicted molar refractivity (Wildman–Crippen MR) is 68.3 cm³/mol. The van der Waals surface area contributed by atoms with E-state index in [1.165, 1.54) is 4.90 Å². The monoisotopic (exact) mass is 262 g/mol. The Morgan fingerprint density at radius 1 is 1.53 bits per heavy atom. The van der Waals surface area contributed by atoms with Crippen LogP contribution in [0.1, 0.15) is 40.0 Å². The fourth-order valence-corrected chi connectivity index (χ4v) is 2.21. The molecule has 100 valence electrons. The lowest BCUT2D eigenvalue weighted by Crippen LogP contribution is -2.41. The first-order valence-electron chi connectivity index (χ1n) is 5.97. The molecule has 17 heavy (non-hydrogen) atoms. The molecule has 0 heterocycles. The smallest absolute Gasteiger partial charge is 0.407 e. The Morgan fingerprint density at radius 3 is 2.53 bits per heavy atom. The van der Waals surface area contributed by atoms with Crippen molar-refractivity contribution in [1.29, 1.82) is 0 Å². The third kappa shape index (κ3) is 5.14. The minimum Gasteiger partial charge on any atom is -0.598 e. The van der Waals surface area contributed by atoms with Gasteiger partial charge in [0.05, 0.1) is 0 Å². The molecule has 1 aliphatic carbocycles. The summed E-state index contributed by atoms with van der Waals surface area (Å²) in [4.78, 5) is 12.4. The Morgan fingerprint density at radius 2 is 2.12 bits per heavy atom. The Labute approximate surface area is 106 Å². The van der Waals surface area contributed by atoms with Crippen LogP contribution >= 0.6 is 0 Å². The second-order valence-electron chi connectivity index (χ2n) is 5.34. The molecular formula is C11H22N2O3S. The minimum absolute atomic E-state index is 0.223. The highest BCUT2D eigenvalue weighted by atomic mass is 32.2. The molecule has 0 bridgehead atoms. The molecule has 0 spiro atoms. The van der Waals surface area contributed by atoms with Gasteiger partial charge in [0, 0.05) is 30.5 Å². The van der Waals surface area contributed by atoms with Gasteiger partial charge >= 0.3 is 6.09 Å². The number of rotatable bonds is 6. The summed E-state index contributed by atoms with van der Waals surface area (Å²) in [6.45, 7) is 6.83. The molecule has 5 nitrogen and oxygen atoms in total. The maximum Gasteiger partial charge on any atom is 0.407 e. The number of carbonyl (C=O) groups is 1. The summed E-state index contributed by atoms with van der Waals surface area (Å²) in [6.07, 6.45) is 1.82. The van der Waals surface area contributed by atoms with Crippen LogP contribution in [-0.4, -0.2) is 44.5 Å². The number of carboxylic acid groups (broad SMARTS) is 1. The number of amides is 1. The summed E-state index contributed by atoms with van der Waals surface area (Å²) in [5, 5.41) is 8.97. The highest BCUT2D eigenvalue weighted by Crippen LogP contribution is 2.26. The van der Waals surface area contributed by atoms with E-state index in [2.05, 4.69) is 4.72 Å². The van der Waals surface area contributed by atoms with Gasteiger partial charge < -0.3 is 14.6 Å². The topological polar surface area (TPSA) is 75.6 Å².